The maximum Gasteiger partial charge on any atom is 0.236 e. The predicted molar refractivity (Wildman–Crippen MR) is 64.2 cm³/mol. The molecule has 1 atom stereocenters. The van der Waals surface area contributed by atoms with Crippen LogP contribution < -0.4 is 0 Å². The molecule has 1 fully saturated rings. The first-order chi connectivity index (χ1) is 7.29. The monoisotopic (exact) mass is 245 g/mol. The fourth-order valence-corrected chi connectivity index (χ4v) is 1.91. The number of alkyl halides is 1. The highest BCUT2D eigenvalue weighted by atomic mass is 35.5. The maximum atomic E-state index is 12.1. The first-order valence-corrected chi connectivity index (χ1v) is 6.24. The van der Waals surface area contributed by atoms with Gasteiger partial charge in [0.1, 0.15) is 0 Å². The van der Waals surface area contributed by atoms with Gasteiger partial charge in [-0.2, -0.15) is 0 Å². The molecule has 0 radical (unpaired) electrons. The molecule has 0 saturated carbocycles. The van der Waals surface area contributed by atoms with E-state index in [9.17, 15) is 9.59 Å². The second-order valence-electron chi connectivity index (χ2n) is 5.54. The van der Waals surface area contributed by atoms with Gasteiger partial charge in [-0.15, -0.1) is 11.6 Å². The number of hydrogen-bond donors (Lipinski definition) is 0. The summed E-state index contributed by atoms with van der Waals surface area (Å²) in [4.78, 5) is 25.2. The van der Waals surface area contributed by atoms with E-state index in [1.807, 2.05) is 0 Å². The van der Waals surface area contributed by atoms with Crippen molar-refractivity contribution in [3.63, 3.8) is 0 Å². The van der Waals surface area contributed by atoms with E-state index in [4.69, 9.17) is 11.6 Å². The van der Waals surface area contributed by atoms with Gasteiger partial charge in [0.25, 0.3) is 0 Å². The van der Waals surface area contributed by atoms with Crippen LogP contribution in [0.2, 0.25) is 0 Å². The van der Waals surface area contributed by atoms with Crippen molar-refractivity contribution in [1.29, 1.82) is 0 Å². The van der Waals surface area contributed by atoms with Crippen LogP contribution in [-0.2, 0) is 9.59 Å². The number of carbonyl (C=O) groups is 2. The zero-order valence-corrected chi connectivity index (χ0v) is 11.2. The van der Waals surface area contributed by atoms with E-state index in [2.05, 4.69) is 13.8 Å². The Morgan fingerprint density at radius 3 is 2.50 bits per heavy atom. The minimum Gasteiger partial charge on any atom is -0.282 e. The second kappa shape index (κ2) is 4.74. The van der Waals surface area contributed by atoms with Crippen LogP contribution in [0.3, 0.4) is 0 Å². The molecule has 92 valence electrons. The normalized spacial score (nSPS) is 22.0. The summed E-state index contributed by atoms with van der Waals surface area (Å²) in [5.74, 6) is 0.767. The lowest BCUT2D eigenvalue weighted by Crippen LogP contribution is -2.43. The van der Waals surface area contributed by atoms with Gasteiger partial charge in [0, 0.05) is 18.8 Å². The van der Waals surface area contributed by atoms with Crippen molar-refractivity contribution in [2.75, 3.05) is 12.4 Å². The molecule has 1 heterocycles. The highest BCUT2D eigenvalue weighted by Crippen LogP contribution is 2.29. The molecule has 1 aliphatic heterocycles. The average Bonchev–Trinajstić information content (AvgIpc) is 2.59. The van der Waals surface area contributed by atoms with Crippen molar-refractivity contribution in [3.05, 3.63) is 0 Å². The van der Waals surface area contributed by atoms with Crippen LogP contribution in [0, 0.1) is 17.3 Å². The van der Waals surface area contributed by atoms with Gasteiger partial charge >= 0.3 is 0 Å². The number of rotatable bonds is 3. The third kappa shape index (κ3) is 2.57. The summed E-state index contributed by atoms with van der Waals surface area (Å²) < 4.78 is 0. The van der Waals surface area contributed by atoms with Crippen LogP contribution in [0.4, 0.5) is 0 Å². The summed E-state index contributed by atoms with van der Waals surface area (Å²) >= 11 is 5.75. The number of likely N-dealkylation sites (tertiary alicyclic amines) is 1. The number of imide groups is 1. The Bertz CT molecular complexity index is 299. The summed E-state index contributed by atoms with van der Waals surface area (Å²) in [5, 5.41) is 0. The Morgan fingerprint density at radius 2 is 2.12 bits per heavy atom. The molecule has 0 bridgehead atoms. The van der Waals surface area contributed by atoms with Crippen molar-refractivity contribution in [1.82, 2.24) is 4.90 Å². The van der Waals surface area contributed by atoms with E-state index in [1.165, 1.54) is 4.90 Å². The maximum absolute atomic E-state index is 12.1. The quantitative estimate of drug-likeness (QED) is 0.716. The van der Waals surface area contributed by atoms with Crippen molar-refractivity contribution < 1.29 is 9.59 Å². The first kappa shape index (κ1) is 13.5. The lowest BCUT2D eigenvalue weighted by atomic mass is 9.93. The summed E-state index contributed by atoms with van der Waals surface area (Å²) in [7, 11) is 0. The summed E-state index contributed by atoms with van der Waals surface area (Å²) in [6, 6.07) is 0. The standard InChI is InChI=1S/C12H20ClNO2/c1-8(2)9-5-10(15)14(6-9)11(16)12(3,4)7-13/h8-9H,5-7H2,1-4H3. The van der Waals surface area contributed by atoms with Gasteiger partial charge in [0.15, 0.2) is 0 Å². The molecule has 0 aromatic carbocycles. The van der Waals surface area contributed by atoms with Crippen LogP contribution in [0.1, 0.15) is 34.1 Å². The molecule has 3 nitrogen and oxygen atoms in total. The van der Waals surface area contributed by atoms with Crippen molar-refractivity contribution in [2.45, 2.75) is 34.1 Å². The van der Waals surface area contributed by atoms with Gasteiger partial charge in [-0.3, -0.25) is 14.5 Å². The Hall–Kier alpha value is -0.570. The molecule has 0 N–H and O–H groups in total. The fraction of sp³-hybridized carbons (Fsp3) is 0.833. The molecule has 0 aromatic heterocycles. The second-order valence-corrected chi connectivity index (χ2v) is 5.80. The molecule has 1 saturated heterocycles. The molecule has 16 heavy (non-hydrogen) atoms. The van der Waals surface area contributed by atoms with Gasteiger partial charge in [0.2, 0.25) is 11.8 Å². The van der Waals surface area contributed by atoms with E-state index in [-0.39, 0.29) is 17.7 Å². The molecule has 0 spiro atoms. The predicted octanol–water partition coefficient (Wildman–Crippen LogP) is 2.28. The van der Waals surface area contributed by atoms with E-state index in [0.717, 1.165) is 0 Å². The molecule has 1 rings (SSSR count). The van der Waals surface area contributed by atoms with E-state index in [0.29, 0.717) is 24.8 Å². The highest BCUT2D eigenvalue weighted by molar-refractivity contribution is 6.20. The third-order valence-electron chi connectivity index (χ3n) is 3.26. The molecule has 0 aliphatic carbocycles. The largest absolute Gasteiger partial charge is 0.282 e. The minimum atomic E-state index is -0.650. The van der Waals surface area contributed by atoms with Gasteiger partial charge in [0.05, 0.1) is 5.41 Å². The first-order valence-electron chi connectivity index (χ1n) is 5.70. The third-order valence-corrected chi connectivity index (χ3v) is 3.92. The summed E-state index contributed by atoms with van der Waals surface area (Å²) in [5.41, 5.74) is -0.650. The van der Waals surface area contributed by atoms with Gasteiger partial charge in [-0.05, 0) is 25.7 Å². The number of halogens is 1. The molecular formula is C12H20ClNO2. The number of carbonyl (C=O) groups excluding carboxylic acids is 2. The molecule has 4 heteroatoms. The molecule has 1 unspecified atom stereocenters. The van der Waals surface area contributed by atoms with Crippen LogP contribution in [0.25, 0.3) is 0 Å². The van der Waals surface area contributed by atoms with E-state index >= 15 is 0 Å². The number of amides is 2. The van der Waals surface area contributed by atoms with E-state index < -0.39 is 5.41 Å². The van der Waals surface area contributed by atoms with Crippen LogP contribution in [0.15, 0.2) is 0 Å². The highest BCUT2D eigenvalue weighted by Gasteiger charge is 2.40. The summed E-state index contributed by atoms with van der Waals surface area (Å²) in [6.45, 7) is 8.27. The Balaban J connectivity index is 2.76. The topological polar surface area (TPSA) is 37.4 Å². The Kier molecular flexibility index (Phi) is 4.00. The smallest absolute Gasteiger partial charge is 0.236 e. The van der Waals surface area contributed by atoms with Gasteiger partial charge in [-0.25, -0.2) is 0 Å². The lowest BCUT2D eigenvalue weighted by molar-refractivity contribution is -0.147. The Morgan fingerprint density at radius 1 is 1.56 bits per heavy atom. The van der Waals surface area contributed by atoms with E-state index in [1.54, 1.807) is 13.8 Å². The molecule has 0 aromatic rings. The fourth-order valence-electron chi connectivity index (χ4n) is 1.80. The van der Waals surface area contributed by atoms with Gasteiger partial charge in [-0.1, -0.05) is 13.8 Å². The number of nitrogens with zero attached hydrogens (tertiary/aromatic N) is 1. The van der Waals surface area contributed by atoms with Crippen molar-refractivity contribution in [2.24, 2.45) is 17.3 Å². The minimum absolute atomic E-state index is 0.0538. The summed E-state index contributed by atoms with van der Waals surface area (Å²) in [6.07, 6.45) is 0.488. The SMILES string of the molecule is CC(C)C1CC(=O)N(C(=O)C(C)(C)CCl)C1. The van der Waals surface area contributed by atoms with Crippen molar-refractivity contribution >= 4 is 23.4 Å². The average molecular weight is 246 g/mol. The van der Waals surface area contributed by atoms with Crippen LogP contribution in [0.5, 0.6) is 0 Å². The Labute approximate surface area is 102 Å². The molecule has 1 aliphatic rings. The van der Waals surface area contributed by atoms with Crippen molar-refractivity contribution in [3.8, 4) is 0 Å². The van der Waals surface area contributed by atoms with Crippen LogP contribution >= 0.6 is 11.6 Å². The zero-order valence-electron chi connectivity index (χ0n) is 10.4. The molecule has 2 amide bonds. The number of hydrogen-bond acceptors (Lipinski definition) is 2. The lowest BCUT2D eigenvalue weighted by Gasteiger charge is -2.26. The van der Waals surface area contributed by atoms with Gasteiger partial charge < -0.3 is 0 Å². The molecular weight excluding hydrogens is 226 g/mol. The van der Waals surface area contributed by atoms with Crippen LogP contribution in [-0.4, -0.2) is 29.1 Å². The zero-order chi connectivity index (χ0) is 12.5.